The first-order valence-electron chi connectivity index (χ1n) is 16.5. The third-order valence-electron chi connectivity index (χ3n) is 9.71. The largest absolute Gasteiger partial charge is 0.471 e. The van der Waals surface area contributed by atoms with Crippen LogP contribution >= 0.6 is 0 Å². The number of morpholine rings is 1. The second-order valence-corrected chi connectivity index (χ2v) is 12.9. The highest BCUT2D eigenvalue weighted by molar-refractivity contribution is 6.05. The summed E-state index contributed by atoms with van der Waals surface area (Å²) in [6.07, 6.45) is 2.63. The maximum absolute atomic E-state index is 12.5. The van der Waals surface area contributed by atoms with Crippen LogP contribution < -0.4 is 14.5 Å². The number of aromatic nitrogens is 5. The molecule has 0 saturated carbocycles. The second kappa shape index (κ2) is 12.0. The van der Waals surface area contributed by atoms with E-state index in [9.17, 15) is 10.1 Å². The average molecular weight is 665 g/mol. The lowest BCUT2D eigenvalue weighted by atomic mass is 9.90. The van der Waals surface area contributed by atoms with Crippen LogP contribution in [-0.4, -0.2) is 86.5 Å². The number of pyridine rings is 1. The summed E-state index contributed by atoms with van der Waals surface area (Å²) in [6, 6.07) is 9.52. The highest BCUT2D eigenvalue weighted by Gasteiger charge is 2.50. The monoisotopic (exact) mass is 664 g/mol. The number of nitrogens with zero attached hydrogens (tertiary/aromatic N) is 8. The Bertz CT molecular complexity index is 2150. The van der Waals surface area contributed by atoms with E-state index in [1.165, 1.54) is 0 Å². The number of hydrogen-bond acceptors (Lipinski definition) is 12. The standard InChI is InChI=1S/C35H36N8O6/c1-5-29-37-31-25-8-6-7-9-28(25)49-32(31)33(38-29)42-18-24(15-30(42)43(44)45)48-34-27(41-12-13-47-35(22(41)3)19-46-20-35)14-23(16-36-34)10-11-26-21(2)17-40(4)39-26/h6-9,14,16-17,22,24,30H,5,12-13,15,18-20H2,1-4H3/t22-,24-,30+/m0/s1. The van der Waals surface area contributed by atoms with Gasteiger partial charge in [-0.15, -0.1) is 0 Å². The van der Waals surface area contributed by atoms with Crippen molar-refractivity contribution >= 4 is 33.6 Å². The molecular formula is C35H36N8O6. The molecule has 0 unspecified atom stereocenters. The van der Waals surface area contributed by atoms with Gasteiger partial charge in [-0.25, -0.2) is 15.0 Å². The molecule has 0 radical (unpaired) electrons. The van der Waals surface area contributed by atoms with Gasteiger partial charge < -0.3 is 23.5 Å². The Kier molecular flexibility index (Phi) is 7.61. The van der Waals surface area contributed by atoms with Crippen molar-refractivity contribution in [2.24, 2.45) is 7.05 Å². The molecule has 4 aromatic heterocycles. The Morgan fingerprint density at radius 2 is 2.02 bits per heavy atom. The molecule has 0 aliphatic carbocycles. The van der Waals surface area contributed by atoms with Crippen LogP contribution in [0.1, 0.15) is 42.9 Å². The lowest BCUT2D eigenvalue weighted by Crippen LogP contribution is -2.68. The summed E-state index contributed by atoms with van der Waals surface area (Å²) < 4.78 is 26.3. The predicted molar refractivity (Wildman–Crippen MR) is 180 cm³/mol. The first-order chi connectivity index (χ1) is 23.7. The van der Waals surface area contributed by atoms with E-state index in [4.69, 9.17) is 33.6 Å². The zero-order valence-corrected chi connectivity index (χ0v) is 27.8. The van der Waals surface area contributed by atoms with E-state index in [1.807, 2.05) is 57.4 Å². The van der Waals surface area contributed by atoms with Crippen molar-refractivity contribution in [3.63, 3.8) is 0 Å². The van der Waals surface area contributed by atoms with Crippen LogP contribution in [-0.2, 0) is 22.9 Å². The van der Waals surface area contributed by atoms with Crippen molar-refractivity contribution < 1.29 is 23.6 Å². The molecule has 5 aromatic rings. The number of hydrogen-bond donors (Lipinski definition) is 0. The third-order valence-corrected chi connectivity index (χ3v) is 9.71. The minimum Gasteiger partial charge on any atom is -0.471 e. The number of furan rings is 1. The summed E-state index contributed by atoms with van der Waals surface area (Å²) in [5.41, 5.74) is 4.41. The van der Waals surface area contributed by atoms with Crippen LogP contribution in [0.25, 0.3) is 22.1 Å². The van der Waals surface area contributed by atoms with E-state index >= 15 is 0 Å². The molecule has 0 bridgehead atoms. The number of aryl methyl sites for hydroxylation is 3. The highest BCUT2D eigenvalue weighted by atomic mass is 16.6. The molecule has 1 aromatic carbocycles. The van der Waals surface area contributed by atoms with Crippen LogP contribution in [0.2, 0.25) is 0 Å². The molecule has 3 fully saturated rings. The van der Waals surface area contributed by atoms with Crippen LogP contribution in [0.15, 0.2) is 47.1 Å². The van der Waals surface area contributed by atoms with Crippen molar-refractivity contribution in [1.82, 2.24) is 24.7 Å². The maximum atomic E-state index is 12.5. The van der Waals surface area contributed by atoms with Gasteiger partial charge in [0.1, 0.15) is 40.0 Å². The lowest BCUT2D eigenvalue weighted by molar-refractivity contribution is -0.519. The topological polar surface area (TPSA) is 147 Å². The zero-order chi connectivity index (χ0) is 33.9. The van der Waals surface area contributed by atoms with Crippen LogP contribution in [0.4, 0.5) is 11.5 Å². The van der Waals surface area contributed by atoms with E-state index in [-0.39, 0.29) is 23.9 Å². The fraction of sp³-hybridized carbons (Fsp3) is 0.429. The number of ether oxygens (including phenoxy) is 3. The quantitative estimate of drug-likeness (QED) is 0.147. The van der Waals surface area contributed by atoms with Gasteiger partial charge in [-0.2, -0.15) is 5.10 Å². The first kappa shape index (κ1) is 31.0. The van der Waals surface area contributed by atoms with Gasteiger partial charge in [0.05, 0.1) is 38.8 Å². The third kappa shape index (κ3) is 5.39. The first-order valence-corrected chi connectivity index (χ1v) is 16.5. The van der Waals surface area contributed by atoms with Crippen LogP contribution in [0, 0.1) is 28.9 Å². The highest BCUT2D eigenvalue weighted by Crippen LogP contribution is 2.40. The minimum absolute atomic E-state index is 0.0400. The van der Waals surface area contributed by atoms with E-state index in [2.05, 4.69) is 28.8 Å². The van der Waals surface area contributed by atoms with Gasteiger partial charge in [-0.05, 0) is 38.0 Å². The van der Waals surface area contributed by atoms with Gasteiger partial charge in [0.2, 0.25) is 5.88 Å². The number of fused-ring (bicyclic) bond motifs is 3. The molecular weight excluding hydrogens is 628 g/mol. The predicted octanol–water partition coefficient (Wildman–Crippen LogP) is 4.03. The summed E-state index contributed by atoms with van der Waals surface area (Å²) >= 11 is 0. The average Bonchev–Trinajstić information content (AvgIpc) is 3.77. The maximum Gasteiger partial charge on any atom is 0.292 e. The summed E-state index contributed by atoms with van der Waals surface area (Å²) in [6.45, 7) is 8.37. The van der Waals surface area contributed by atoms with Crippen LogP contribution in [0.5, 0.6) is 5.88 Å². The molecule has 14 nitrogen and oxygen atoms in total. The molecule has 0 N–H and O–H groups in total. The molecule has 8 rings (SSSR count). The lowest BCUT2D eigenvalue weighted by Gasteiger charge is -2.53. The molecule has 3 saturated heterocycles. The Balaban J connectivity index is 1.15. The van der Waals surface area contributed by atoms with E-state index in [0.29, 0.717) is 78.2 Å². The summed E-state index contributed by atoms with van der Waals surface area (Å²) in [4.78, 5) is 30.4. The summed E-state index contributed by atoms with van der Waals surface area (Å²) in [5.74, 6) is 7.74. The zero-order valence-electron chi connectivity index (χ0n) is 27.8. The van der Waals surface area contributed by atoms with Crippen molar-refractivity contribution in [1.29, 1.82) is 0 Å². The fourth-order valence-corrected chi connectivity index (χ4v) is 6.99. The molecule has 14 heteroatoms. The van der Waals surface area contributed by atoms with Crippen molar-refractivity contribution in [2.75, 3.05) is 42.7 Å². The Labute approximate surface area is 282 Å². The van der Waals surface area contributed by atoms with Gasteiger partial charge >= 0.3 is 0 Å². The number of anilines is 2. The molecule has 3 atom stereocenters. The van der Waals surface area contributed by atoms with E-state index in [0.717, 1.165) is 16.6 Å². The van der Waals surface area contributed by atoms with Gasteiger partial charge in [0, 0.05) is 53.8 Å². The van der Waals surface area contributed by atoms with Crippen molar-refractivity contribution in [3.05, 3.63) is 75.5 Å². The second-order valence-electron chi connectivity index (χ2n) is 12.9. The van der Waals surface area contributed by atoms with Gasteiger partial charge in [0.15, 0.2) is 11.4 Å². The number of benzene rings is 1. The fourth-order valence-electron chi connectivity index (χ4n) is 6.99. The summed E-state index contributed by atoms with van der Waals surface area (Å²) in [5, 5.41) is 17.8. The number of para-hydroxylation sites is 1. The molecule has 49 heavy (non-hydrogen) atoms. The van der Waals surface area contributed by atoms with E-state index in [1.54, 1.807) is 15.8 Å². The van der Waals surface area contributed by atoms with Gasteiger partial charge in [-0.3, -0.25) is 19.7 Å². The van der Waals surface area contributed by atoms with Gasteiger partial charge in [0.25, 0.3) is 6.17 Å². The van der Waals surface area contributed by atoms with E-state index < -0.39 is 17.9 Å². The Morgan fingerprint density at radius 1 is 1.18 bits per heavy atom. The molecule has 1 spiro atoms. The van der Waals surface area contributed by atoms with Gasteiger partial charge in [-0.1, -0.05) is 25.0 Å². The molecule has 7 heterocycles. The minimum atomic E-state index is -1.09. The Morgan fingerprint density at radius 3 is 2.76 bits per heavy atom. The molecule has 3 aliphatic rings. The molecule has 252 valence electrons. The van der Waals surface area contributed by atoms with Crippen molar-refractivity contribution in [3.8, 4) is 17.7 Å². The number of nitro groups is 1. The molecule has 0 amide bonds. The van der Waals surface area contributed by atoms with Crippen LogP contribution in [0.3, 0.4) is 0 Å². The Hall–Kier alpha value is -5.26. The number of rotatable bonds is 6. The van der Waals surface area contributed by atoms with Crippen molar-refractivity contribution in [2.45, 2.75) is 57.5 Å². The molecule has 3 aliphatic heterocycles. The normalized spacial score (nSPS) is 21.6. The summed E-state index contributed by atoms with van der Waals surface area (Å²) in [7, 11) is 1.87. The smallest absolute Gasteiger partial charge is 0.292 e. The SMILES string of the molecule is CCc1nc(N2C[C@@H](Oc3ncc(C#Cc4nn(C)cc4C)cc3N3CCOC4(COC4)[C@@H]3C)C[C@H]2[N+](=O)[O-])c2oc3ccccc3c2n1.